The summed E-state index contributed by atoms with van der Waals surface area (Å²) >= 11 is 0. The van der Waals surface area contributed by atoms with Crippen LogP contribution in [-0.4, -0.2) is 0 Å². The second-order valence-corrected chi connectivity index (χ2v) is 15.0. The maximum absolute atomic E-state index is 11.0. The lowest BCUT2D eigenvalue weighted by atomic mass is 9.88. The molecule has 8 aromatic carbocycles. The Kier molecular flexibility index (Phi) is 8.36. The maximum atomic E-state index is 11.0. The first-order chi connectivity index (χ1) is 26.0. The normalized spacial score (nSPS) is 11.3. The second kappa shape index (κ2) is 13.1. The number of rotatable bonds is 6. The number of nitriles is 2. The number of nitrogens with zero attached hydrogens (tertiary/aromatic N) is 4. The lowest BCUT2D eigenvalue weighted by Gasteiger charge is -2.31. The van der Waals surface area contributed by atoms with Crippen LogP contribution in [0.2, 0.25) is 0 Å². The zero-order chi connectivity index (χ0) is 38.0. The van der Waals surface area contributed by atoms with Crippen molar-refractivity contribution in [1.82, 2.24) is 0 Å². The summed E-state index contributed by atoms with van der Waals surface area (Å²) in [6.07, 6.45) is 0. The molecule has 0 spiro atoms. The van der Waals surface area contributed by atoms with Crippen LogP contribution in [0.15, 0.2) is 109 Å². The minimum Gasteiger partial charge on any atom is -0.309 e. The molecule has 0 N–H and O–H groups in total. The van der Waals surface area contributed by atoms with Gasteiger partial charge in [-0.15, -0.1) is 0 Å². The summed E-state index contributed by atoms with van der Waals surface area (Å²) < 4.78 is 0. The molecule has 8 aromatic rings. The van der Waals surface area contributed by atoms with E-state index in [0.717, 1.165) is 88.7 Å². The van der Waals surface area contributed by atoms with E-state index in [1.54, 1.807) is 0 Å². The van der Waals surface area contributed by atoms with Crippen LogP contribution < -0.4 is 9.80 Å². The third-order valence-electron chi connectivity index (χ3n) is 10.9. The minimum absolute atomic E-state index is 0.603. The standard InChI is InChI=1S/C50H42N4/c1-29-9-17-43(33(5)21-29)53(44-18-10-30(2)22-34(44)6)47-25-37-13-14-38-26-48(42(28-52)40-16-15-39(41(47)27-51)49(37)50(38)40)54(45-19-11-31(3)23-35(45)7)46-20-12-32(4)24-36(46)8/h9-26H,1-8H3. The molecule has 0 amide bonds. The third-order valence-corrected chi connectivity index (χ3v) is 10.9. The highest BCUT2D eigenvalue weighted by atomic mass is 15.2. The van der Waals surface area contributed by atoms with Gasteiger partial charge in [-0.2, -0.15) is 10.5 Å². The summed E-state index contributed by atoms with van der Waals surface area (Å²) in [5.74, 6) is 0. The maximum Gasteiger partial charge on any atom is 0.102 e. The SMILES string of the molecule is Cc1ccc(N(c2ccc(C)cc2C)c2cc3ccc4cc(N(c5ccc(C)cc5C)c5ccc(C)cc5C)c(C#N)c5ccc(c2C#N)c3c45)c(C)c1. The molecule has 0 atom stereocenters. The number of hydrogen-bond donors (Lipinski definition) is 0. The predicted octanol–water partition coefficient (Wildman–Crippen LogP) is 13.7. The molecule has 0 fully saturated rings. The van der Waals surface area contributed by atoms with Crippen LogP contribution in [0.5, 0.6) is 0 Å². The fraction of sp³-hybridized carbons (Fsp3) is 0.160. The highest BCUT2D eigenvalue weighted by Crippen LogP contribution is 2.49. The fourth-order valence-corrected chi connectivity index (χ4v) is 8.51. The fourth-order valence-electron chi connectivity index (χ4n) is 8.51. The first-order valence-corrected chi connectivity index (χ1v) is 18.5. The van der Waals surface area contributed by atoms with Crippen molar-refractivity contribution in [1.29, 1.82) is 10.5 Å². The number of hydrogen-bond acceptors (Lipinski definition) is 4. The average Bonchev–Trinajstić information content (AvgIpc) is 3.13. The molecular formula is C50H42N4. The molecule has 4 heteroatoms. The second-order valence-electron chi connectivity index (χ2n) is 15.0. The van der Waals surface area contributed by atoms with Gasteiger partial charge in [-0.3, -0.25) is 0 Å². The van der Waals surface area contributed by atoms with E-state index in [0.29, 0.717) is 11.1 Å². The van der Waals surface area contributed by atoms with Gasteiger partial charge in [0, 0.05) is 33.5 Å². The first-order valence-electron chi connectivity index (χ1n) is 18.5. The van der Waals surface area contributed by atoms with Gasteiger partial charge in [-0.05, 0) is 136 Å². The molecule has 0 heterocycles. The highest BCUT2D eigenvalue weighted by Gasteiger charge is 2.27. The molecule has 0 radical (unpaired) electrons. The molecule has 4 nitrogen and oxygen atoms in total. The van der Waals surface area contributed by atoms with E-state index in [1.807, 2.05) is 0 Å². The van der Waals surface area contributed by atoms with Crippen molar-refractivity contribution in [2.45, 2.75) is 55.4 Å². The van der Waals surface area contributed by atoms with Gasteiger partial charge in [0.05, 0.1) is 22.5 Å². The predicted molar refractivity (Wildman–Crippen MR) is 227 cm³/mol. The number of anilines is 6. The van der Waals surface area contributed by atoms with E-state index in [-0.39, 0.29) is 0 Å². The van der Waals surface area contributed by atoms with Gasteiger partial charge in [0.25, 0.3) is 0 Å². The van der Waals surface area contributed by atoms with Gasteiger partial charge < -0.3 is 9.80 Å². The molecule has 0 saturated heterocycles. The number of aryl methyl sites for hydroxylation is 8. The van der Waals surface area contributed by atoms with Crippen LogP contribution in [0, 0.1) is 78.1 Å². The smallest absolute Gasteiger partial charge is 0.102 e. The van der Waals surface area contributed by atoms with Crippen LogP contribution in [-0.2, 0) is 0 Å². The summed E-state index contributed by atoms with van der Waals surface area (Å²) in [7, 11) is 0. The van der Waals surface area contributed by atoms with Crippen molar-refractivity contribution >= 4 is 66.4 Å². The van der Waals surface area contributed by atoms with Crippen LogP contribution in [0.3, 0.4) is 0 Å². The van der Waals surface area contributed by atoms with E-state index in [1.165, 1.54) is 22.3 Å². The van der Waals surface area contributed by atoms with Crippen molar-refractivity contribution in [2.75, 3.05) is 9.80 Å². The Labute approximate surface area is 318 Å². The van der Waals surface area contributed by atoms with Gasteiger partial charge in [-0.1, -0.05) is 95.1 Å². The Hall–Kier alpha value is -6.62. The van der Waals surface area contributed by atoms with Crippen molar-refractivity contribution in [3.05, 3.63) is 165 Å². The quantitative estimate of drug-likeness (QED) is 0.162. The van der Waals surface area contributed by atoms with Crippen LogP contribution >= 0.6 is 0 Å². The Morgan fingerprint density at radius 3 is 0.907 bits per heavy atom. The van der Waals surface area contributed by atoms with Crippen LogP contribution in [0.4, 0.5) is 34.1 Å². The van der Waals surface area contributed by atoms with E-state index < -0.39 is 0 Å². The monoisotopic (exact) mass is 698 g/mol. The van der Waals surface area contributed by atoms with Crippen LogP contribution in [0.25, 0.3) is 32.3 Å². The molecule has 0 aliphatic heterocycles. The van der Waals surface area contributed by atoms with Gasteiger partial charge in [-0.25, -0.2) is 0 Å². The van der Waals surface area contributed by atoms with E-state index in [9.17, 15) is 10.5 Å². The van der Waals surface area contributed by atoms with Crippen molar-refractivity contribution in [3.8, 4) is 12.1 Å². The highest BCUT2D eigenvalue weighted by molar-refractivity contribution is 6.27. The van der Waals surface area contributed by atoms with Crippen molar-refractivity contribution < 1.29 is 0 Å². The molecule has 8 rings (SSSR count). The van der Waals surface area contributed by atoms with E-state index in [4.69, 9.17) is 0 Å². The van der Waals surface area contributed by atoms with Crippen molar-refractivity contribution in [3.63, 3.8) is 0 Å². The average molecular weight is 699 g/mol. The summed E-state index contributed by atoms with van der Waals surface area (Å²) in [4.78, 5) is 4.50. The Bertz CT molecular complexity index is 2600. The Morgan fingerprint density at radius 1 is 0.352 bits per heavy atom. The largest absolute Gasteiger partial charge is 0.309 e. The molecule has 262 valence electrons. The van der Waals surface area contributed by atoms with Gasteiger partial charge in [0.15, 0.2) is 0 Å². The zero-order valence-electron chi connectivity index (χ0n) is 32.2. The van der Waals surface area contributed by atoms with Gasteiger partial charge in [0.1, 0.15) is 12.1 Å². The van der Waals surface area contributed by atoms with E-state index >= 15 is 0 Å². The molecule has 0 unspecified atom stereocenters. The van der Waals surface area contributed by atoms with Gasteiger partial charge in [0.2, 0.25) is 0 Å². The molecule has 0 saturated carbocycles. The summed E-state index contributed by atoms with van der Waals surface area (Å²) in [5.41, 5.74) is 16.3. The molecule has 0 aliphatic rings. The van der Waals surface area contributed by atoms with Crippen LogP contribution in [0.1, 0.15) is 55.6 Å². The minimum atomic E-state index is 0.603. The molecular weight excluding hydrogens is 657 g/mol. The molecule has 54 heavy (non-hydrogen) atoms. The van der Waals surface area contributed by atoms with E-state index in [2.05, 4.69) is 187 Å². The lowest BCUT2D eigenvalue weighted by Crippen LogP contribution is -2.15. The Balaban J connectivity index is 1.43. The van der Waals surface area contributed by atoms with Crippen molar-refractivity contribution in [2.24, 2.45) is 0 Å². The summed E-state index contributed by atoms with van der Waals surface area (Å²) in [5, 5.41) is 27.9. The molecule has 0 aliphatic carbocycles. The topological polar surface area (TPSA) is 54.1 Å². The molecule has 0 bridgehead atoms. The summed E-state index contributed by atoms with van der Waals surface area (Å²) in [6, 6.07) is 44.0. The lowest BCUT2D eigenvalue weighted by molar-refractivity contribution is 1.21. The van der Waals surface area contributed by atoms with Gasteiger partial charge >= 0.3 is 0 Å². The third kappa shape index (κ3) is 5.51. The first kappa shape index (κ1) is 34.5. The number of benzene rings is 8. The Morgan fingerprint density at radius 2 is 0.648 bits per heavy atom. The zero-order valence-corrected chi connectivity index (χ0v) is 32.2. The summed E-state index contributed by atoms with van der Waals surface area (Å²) in [6.45, 7) is 17.0. The molecule has 0 aromatic heterocycles.